The summed E-state index contributed by atoms with van der Waals surface area (Å²) in [6, 6.07) is 0. The Morgan fingerprint density at radius 2 is 1.52 bits per heavy atom. The van der Waals surface area contributed by atoms with Gasteiger partial charge in [-0.1, -0.05) is 62.3 Å². The van der Waals surface area contributed by atoms with Gasteiger partial charge in [0, 0.05) is 37.2 Å². The Hall–Kier alpha value is -2.42. The maximum Gasteiger partial charge on any atom is 0.323 e. The minimum absolute atomic E-state index is 0.0402. The second-order valence-corrected chi connectivity index (χ2v) is 19.5. The van der Waals surface area contributed by atoms with Crippen molar-refractivity contribution in [3.63, 3.8) is 0 Å². The number of hydrogen-bond donors (Lipinski definition) is 0. The summed E-state index contributed by atoms with van der Waals surface area (Å²) in [4.78, 5) is 54.7. The van der Waals surface area contributed by atoms with Crippen molar-refractivity contribution < 1.29 is 37.9 Å². The van der Waals surface area contributed by atoms with E-state index in [4.69, 9.17) is 19.4 Å². The molecule has 2 aliphatic carbocycles. The highest BCUT2D eigenvalue weighted by atomic mass is 28.4. The molecule has 2 rings (SSSR count). The molecule has 5 atom stereocenters. The predicted molar refractivity (Wildman–Crippen MR) is 163 cm³/mol. The lowest BCUT2D eigenvalue weighted by atomic mass is 9.55. The van der Waals surface area contributed by atoms with Crippen molar-refractivity contribution >= 4 is 38.0 Å². The largest absolute Gasteiger partial charge is 0.462 e. The number of rotatable bonds is 11. The van der Waals surface area contributed by atoms with Crippen LogP contribution in [0.1, 0.15) is 109 Å². The summed E-state index contributed by atoms with van der Waals surface area (Å²) >= 11 is 0. The van der Waals surface area contributed by atoms with Gasteiger partial charge in [0.15, 0.2) is 6.10 Å². The summed E-state index contributed by atoms with van der Waals surface area (Å²) in [5, 5.41) is 0. The fraction of sp³-hybridized carbons (Fsp3) is 0.781. The van der Waals surface area contributed by atoms with Crippen molar-refractivity contribution in [2.45, 2.75) is 144 Å². The molecule has 0 radical (unpaired) electrons. The fourth-order valence-corrected chi connectivity index (χ4v) is 13.7. The van der Waals surface area contributed by atoms with E-state index in [-0.39, 0.29) is 37.1 Å². The Labute approximate surface area is 252 Å². The lowest BCUT2D eigenvalue weighted by molar-refractivity contribution is -0.172. The molecule has 1 unspecified atom stereocenters. The van der Waals surface area contributed by atoms with Gasteiger partial charge in [-0.2, -0.15) is 4.79 Å². The van der Waals surface area contributed by atoms with Crippen LogP contribution in [-0.2, 0) is 33.1 Å². The molecule has 0 heterocycles. The van der Waals surface area contributed by atoms with Crippen LogP contribution in [0.3, 0.4) is 0 Å². The summed E-state index contributed by atoms with van der Waals surface area (Å²) < 4.78 is 19.1. The second kappa shape index (κ2) is 13.5. The van der Waals surface area contributed by atoms with E-state index in [1.807, 2.05) is 20.8 Å². The lowest BCUT2D eigenvalue weighted by Crippen LogP contribution is -2.58. The summed E-state index contributed by atoms with van der Waals surface area (Å²) in [5.41, 5.74) is 9.43. The van der Waals surface area contributed by atoms with Gasteiger partial charge in [0.2, 0.25) is 19.9 Å². The average Bonchev–Trinajstić information content (AvgIpc) is 2.83. The molecule has 10 heteroatoms. The molecule has 0 saturated heterocycles. The Morgan fingerprint density at radius 1 is 1.00 bits per heavy atom. The number of nitrogens with zero attached hydrogens (tertiary/aromatic N) is 2. The van der Waals surface area contributed by atoms with Gasteiger partial charge in [-0.05, 0) is 53.8 Å². The van der Waals surface area contributed by atoms with E-state index in [0.717, 1.165) is 11.8 Å². The molecule has 2 bridgehead atoms. The number of Topliss-reactive ketones (excluding diaryl/α,β-unsaturated/α-hetero) is 2. The van der Waals surface area contributed by atoms with E-state index in [0.29, 0.717) is 28.6 Å². The van der Waals surface area contributed by atoms with Gasteiger partial charge in [-0.25, -0.2) is 0 Å². The zero-order valence-electron chi connectivity index (χ0n) is 27.7. The van der Waals surface area contributed by atoms with E-state index in [1.165, 1.54) is 13.8 Å². The quantitative estimate of drug-likeness (QED) is 0.0876. The van der Waals surface area contributed by atoms with E-state index in [9.17, 15) is 19.2 Å². The Balaban J connectivity index is 2.85. The number of hydrogen-bond acceptors (Lipinski definition) is 7. The van der Waals surface area contributed by atoms with Gasteiger partial charge in [0.25, 0.3) is 0 Å². The maximum atomic E-state index is 14.7. The van der Waals surface area contributed by atoms with Gasteiger partial charge >= 0.3 is 18.2 Å². The van der Waals surface area contributed by atoms with Crippen LogP contribution in [0.4, 0.5) is 0 Å². The monoisotopic (exact) mass is 604 g/mol. The first-order valence-electron chi connectivity index (χ1n) is 15.2. The molecule has 0 aromatic carbocycles. The van der Waals surface area contributed by atoms with Gasteiger partial charge in [0.1, 0.15) is 6.10 Å². The van der Waals surface area contributed by atoms with Crippen molar-refractivity contribution in [3.05, 3.63) is 16.7 Å². The molecule has 9 nitrogen and oxygen atoms in total. The molecular weight excluding hydrogens is 552 g/mol. The first-order valence-corrected chi connectivity index (χ1v) is 17.4. The zero-order valence-corrected chi connectivity index (χ0v) is 28.7. The molecule has 42 heavy (non-hydrogen) atoms. The lowest BCUT2D eigenvalue weighted by Gasteiger charge is -2.54. The highest BCUT2D eigenvalue weighted by molar-refractivity contribution is 6.77. The highest BCUT2D eigenvalue weighted by Crippen LogP contribution is 2.56. The number of esters is 2. The number of carbonyl (C=O) groups is 4. The first kappa shape index (κ1) is 35.8. The highest BCUT2D eigenvalue weighted by Gasteiger charge is 2.58. The van der Waals surface area contributed by atoms with E-state index in [1.54, 1.807) is 6.92 Å². The van der Waals surface area contributed by atoms with Crippen LogP contribution >= 0.6 is 0 Å². The van der Waals surface area contributed by atoms with Gasteiger partial charge < -0.3 is 19.4 Å². The SMILES string of the molecule is CC(=O)OC1C[C@@](C)(CCC(=O)C=[N+]=[N-])[C@@H](OC(C)=O)C(=O)C2=C(C)[C@@H](O[Si](C(C)C)(C(C)C)C(C)C)C[C@@H]1C2(C)C. The van der Waals surface area contributed by atoms with Crippen molar-refractivity contribution in [1.29, 1.82) is 0 Å². The van der Waals surface area contributed by atoms with Crippen LogP contribution in [0.15, 0.2) is 11.1 Å². The predicted octanol–water partition coefficient (Wildman–Crippen LogP) is 6.40. The number of ether oxygens (including phenoxy) is 2. The molecule has 0 amide bonds. The molecule has 0 aromatic heterocycles. The third-order valence-electron chi connectivity index (χ3n) is 9.95. The van der Waals surface area contributed by atoms with E-state index >= 15 is 0 Å². The molecule has 0 N–H and O–H groups in total. The topological polar surface area (TPSA) is 132 Å². The van der Waals surface area contributed by atoms with Crippen molar-refractivity contribution in [1.82, 2.24) is 0 Å². The minimum atomic E-state index is -2.37. The molecule has 1 saturated carbocycles. The first-order chi connectivity index (χ1) is 19.3. The van der Waals surface area contributed by atoms with Crippen molar-refractivity contribution in [2.24, 2.45) is 16.7 Å². The fourth-order valence-electron chi connectivity index (χ4n) is 8.10. The average molecular weight is 605 g/mol. The minimum Gasteiger partial charge on any atom is -0.462 e. The summed E-state index contributed by atoms with van der Waals surface area (Å²) in [6.45, 7) is 23.7. The van der Waals surface area contributed by atoms with Crippen LogP contribution in [-0.4, -0.2) is 61.1 Å². The van der Waals surface area contributed by atoms with Gasteiger partial charge in [-0.15, -0.1) is 0 Å². The molecule has 0 spiro atoms. The third kappa shape index (κ3) is 7.03. The molecule has 0 aromatic rings. The van der Waals surface area contributed by atoms with E-state index in [2.05, 4.69) is 46.3 Å². The Morgan fingerprint density at radius 3 is 1.98 bits per heavy atom. The standard InChI is InChI=1S/C32H52N2O7Si/c1-18(2)42(19(3)4,20(5)6)41-26-15-25-27(39-22(8)35)16-32(12,14-13-24(37)17-34-33)30(40-23(9)36)29(38)28(21(26)7)31(25,10)11/h17-20,25-27,30H,13-16H2,1-12H3/t25-,26-,27?,30-,32+/m0/s1. The molecule has 0 aliphatic heterocycles. The third-order valence-corrected chi connectivity index (χ3v) is 16.1. The summed E-state index contributed by atoms with van der Waals surface area (Å²) in [7, 11) is -2.37. The normalized spacial score (nSPS) is 27.8. The van der Waals surface area contributed by atoms with Crippen LogP contribution in [0, 0.1) is 16.7 Å². The maximum absolute atomic E-state index is 14.7. The van der Waals surface area contributed by atoms with Crippen LogP contribution in [0.25, 0.3) is 5.53 Å². The number of carbonyl (C=O) groups excluding carboxylic acids is 4. The molecular formula is C32H52N2O7Si. The molecule has 1 fully saturated rings. The summed E-state index contributed by atoms with van der Waals surface area (Å²) in [5.74, 6) is -2.06. The zero-order chi connectivity index (χ0) is 32.4. The Bertz CT molecular complexity index is 1130. The van der Waals surface area contributed by atoms with Crippen LogP contribution in [0.2, 0.25) is 16.6 Å². The summed E-state index contributed by atoms with van der Waals surface area (Å²) in [6.07, 6.45) is -0.490. The molecule has 236 valence electrons. The smallest absolute Gasteiger partial charge is 0.323 e. The number of fused-ring (bicyclic) bond motifs is 2. The van der Waals surface area contributed by atoms with Crippen molar-refractivity contribution in [3.8, 4) is 0 Å². The van der Waals surface area contributed by atoms with Gasteiger partial charge in [0.05, 0.1) is 6.10 Å². The van der Waals surface area contributed by atoms with E-state index < -0.39 is 49.1 Å². The van der Waals surface area contributed by atoms with Crippen LogP contribution < -0.4 is 0 Å². The van der Waals surface area contributed by atoms with Gasteiger partial charge in [-0.3, -0.25) is 19.2 Å². The Kier molecular flexibility index (Phi) is 11.5. The van der Waals surface area contributed by atoms with Crippen LogP contribution in [0.5, 0.6) is 0 Å². The molecule has 2 aliphatic rings. The number of ketones is 2. The van der Waals surface area contributed by atoms with Crippen molar-refractivity contribution in [2.75, 3.05) is 0 Å². The second-order valence-electron chi connectivity index (χ2n) is 14.1.